The molecule has 0 radical (unpaired) electrons. The molecule has 0 aliphatic carbocycles. The first kappa shape index (κ1) is 19.5. The molecule has 1 aromatic heterocycles. The van der Waals surface area contributed by atoms with Crippen LogP contribution in [-0.2, 0) is 16.6 Å². The monoisotopic (exact) mass is 416 g/mol. The van der Waals surface area contributed by atoms with Crippen LogP contribution in [0, 0.1) is 5.82 Å². The summed E-state index contributed by atoms with van der Waals surface area (Å²) in [6, 6.07) is 13.7. The Morgan fingerprint density at radius 1 is 1.00 bits per heavy atom. The van der Waals surface area contributed by atoms with Gasteiger partial charge in [0.05, 0.1) is 20.3 Å². The van der Waals surface area contributed by atoms with Gasteiger partial charge in [-0.15, -0.1) is 0 Å². The van der Waals surface area contributed by atoms with Crippen molar-refractivity contribution in [3.63, 3.8) is 0 Å². The van der Waals surface area contributed by atoms with E-state index in [1.165, 1.54) is 30.7 Å². The second-order valence-corrected chi connectivity index (χ2v) is 8.54. The molecule has 0 amide bonds. The molecular weight excluding hydrogens is 395 g/mol. The van der Waals surface area contributed by atoms with Crippen LogP contribution in [0.2, 0.25) is 0 Å². The summed E-state index contributed by atoms with van der Waals surface area (Å²) in [7, 11) is -1.14. The average molecular weight is 416 g/mol. The van der Waals surface area contributed by atoms with Gasteiger partial charge < -0.3 is 14.0 Å². The van der Waals surface area contributed by atoms with Gasteiger partial charge in [0.2, 0.25) is 10.0 Å². The minimum atomic E-state index is -4.02. The van der Waals surface area contributed by atoms with Crippen molar-refractivity contribution in [1.29, 1.82) is 0 Å². The van der Waals surface area contributed by atoms with Crippen LogP contribution in [0.3, 0.4) is 0 Å². The van der Waals surface area contributed by atoms with Crippen LogP contribution in [0.1, 0.15) is 17.3 Å². The normalized spacial score (nSPS) is 17.0. The Morgan fingerprint density at radius 3 is 2.52 bits per heavy atom. The third kappa shape index (κ3) is 3.28. The quantitative estimate of drug-likeness (QED) is 0.639. The second kappa shape index (κ2) is 7.53. The third-order valence-electron chi connectivity index (χ3n) is 5.15. The Bertz CT molecular complexity index is 1140. The standard InChI is InChI=1S/C21H21FN2O4S/c1-27-15-9-10-19(28-2)20(14-15)29(25,26)24-13-12-23-11-5-8-18(23)21(24)16-6-3-4-7-17(16)22/h3-11,14,21H,12-13H2,1-2H3/t21-/m1/s1. The number of methoxy groups -OCH3 is 2. The van der Waals surface area contributed by atoms with Gasteiger partial charge in [0.15, 0.2) is 0 Å². The molecule has 0 unspecified atom stereocenters. The molecule has 0 spiro atoms. The number of benzene rings is 2. The molecule has 1 aliphatic rings. The smallest absolute Gasteiger partial charge is 0.247 e. The van der Waals surface area contributed by atoms with Crippen molar-refractivity contribution in [3.8, 4) is 11.5 Å². The molecule has 3 aromatic rings. The first-order valence-corrected chi connectivity index (χ1v) is 10.5. The van der Waals surface area contributed by atoms with E-state index in [4.69, 9.17) is 9.47 Å². The summed E-state index contributed by atoms with van der Waals surface area (Å²) >= 11 is 0. The highest BCUT2D eigenvalue weighted by molar-refractivity contribution is 7.89. The molecule has 0 fully saturated rings. The number of nitrogens with zero attached hydrogens (tertiary/aromatic N) is 2. The summed E-state index contributed by atoms with van der Waals surface area (Å²) in [6.45, 7) is 0.669. The minimum absolute atomic E-state index is 0.0132. The van der Waals surface area contributed by atoms with Gasteiger partial charge in [-0.05, 0) is 30.3 Å². The Labute approximate surface area is 169 Å². The second-order valence-electron chi connectivity index (χ2n) is 6.68. The van der Waals surface area contributed by atoms with Crippen molar-refractivity contribution in [2.24, 2.45) is 0 Å². The van der Waals surface area contributed by atoms with Crippen molar-refractivity contribution in [2.45, 2.75) is 17.5 Å². The van der Waals surface area contributed by atoms with E-state index in [9.17, 15) is 12.8 Å². The Morgan fingerprint density at radius 2 is 1.79 bits per heavy atom. The molecule has 0 saturated heterocycles. The van der Waals surface area contributed by atoms with Crippen molar-refractivity contribution in [3.05, 3.63) is 77.9 Å². The maximum absolute atomic E-state index is 14.7. The fourth-order valence-corrected chi connectivity index (χ4v) is 5.49. The first-order valence-electron chi connectivity index (χ1n) is 9.10. The van der Waals surface area contributed by atoms with Gasteiger partial charge in [-0.25, -0.2) is 12.8 Å². The zero-order chi connectivity index (χ0) is 20.6. The van der Waals surface area contributed by atoms with Crippen LogP contribution in [0.15, 0.2) is 65.7 Å². The SMILES string of the molecule is COc1ccc(OC)c(S(=O)(=O)N2CCn3cccc3[C@H]2c2ccccc2F)c1. The van der Waals surface area contributed by atoms with Gasteiger partial charge in [0.1, 0.15) is 22.2 Å². The maximum atomic E-state index is 14.7. The van der Waals surface area contributed by atoms with E-state index in [1.807, 2.05) is 22.9 Å². The molecule has 2 heterocycles. The van der Waals surface area contributed by atoms with Crippen molar-refractivity contribution < 1.29 is 22.3 Å². The molecule has 0 bridgehead atoms. The van der Waals surface area contributed by atoms with E-state index in [0.29, 0.717) is 23.6 Å². The summed E-state index contributed by atoms with van der Waals surface area (Å²) in [5, 5.41) is 0. The molecular formula is C21H21FN2O4S. The van der Waals surface area contributed by atoms with Gasteiger partial charge in [-0.1, -0.05) is 18.2 Å². The van der Waals surface area contributed by atoms with E-state index in [2.05, 4.69) is 0 Å². The zero-order valence-corrected chi connectivity index (χ0v) is 16.9. The number of rotatable bonds is 5. The lowest BCUT2D eigenvalue weighted by Crippen LogP contribution is -2.42. The Balaban J connectivity index is 1.90. The summed E-state index contributed by atoms with van der Waals surface area (Å²) in [4.78, 5) is -0.0132. The van der Waals surface area contributed by atoms with Gasteiger partial charge in [0.25, 0.3) is 0 Å². The fraction of sp³-hybridized carbons (Fsp3) is 0.238. The van der Waals surface area contributed by atoms with Crippen LogP contribution < -0.4 is 9.47 Å². The van der Waals surface area contributed by atoms with E-state index in [0.717, 1.165) is 0 Å². The highest BCUT2D eigenvalue weighted by Gasteiger charge is 2.40. The number of ether oxygens (including phenoxy) is 2. The molecule has 0 N–H and O–H groups in total. The number of hydrogen-bond acceptors (Lipinski definition) is 4. The molecule has 0 saturated carbocycles. The minimum Gasteiger partial charge on any atom is -0.497 e. The van der Waals surface area contributed by atoms with Crippen LogP contribution >= 0.6 is 0 Å². The van der Waals surface area contributed by atoms with Gasteiger partial charge >= 0.3 is 0 Å². The molecule has 6 nitrogen and oxygen atoms in total. The van der Waals surface area contributed by atoms with Crippen LogP contribution in [-0.4, -0.2) is 38.1 Å². The molecule has 29 heavy (non-hydrogen) atoms. The number of sulfonamides is 1. The highest BCUT2D eigenvalue weighted by atomic mass is 32.2. The number of aromatic nitrogens is 1. The molecule has 4 rings (SSSR count). The zero-order valence-electron chi connectivity index (χ0n) is 16.1. The summed E-state index contributed by atoms with van der Waals surface area (Å²) in [5.74, 6) is 0.149. The molecule has 8 heteroatoms. The predicted octanol–water partition coefficient (Wildman–Crippen LogP) is 3.44. The lowest BCUT2D eigenvalue weighted by molar-refractivity contribution is 0.291. The molecule has 152 valence electrons. The summed E-state index contributed by atoms with van der Waals surface area (Å²) in [5.41, 5.74) is 1.02. The Hall–Kier alpha value is -2.84. The van der Waals surface area contributed by atoms with Gasteiger partial charge in [0, 0.05) is 36.6 Å². The number of fused-ring (bicyclic) bond motifs is 1. The lowest BCUT2D eigenvalue weighted by Gasteiger charge is -2.36. The van der Waals surface area contributed by atoms with E-state index in [-0.39, 0.29) is 17.2 Å². The summed E-state index contributed by atoms with van der Waals surface area (Å²) < 4.78 is 56.0. The summed E-state index contributed by atoms with van der Waals surface area (Å²) in [6.07, 6.45) is 1.87. The molecule has 1 atom stereocenters. The predicted molar refractivity (Wildman–Crippen MR) is 106 cm³/mol. The average Bonchev–Trinajstić information content (AvgIpc) is 3.22. The molecule has 1 aliphatic heterocycles. The van der Waals surface area contributed by atoms with Crippen molar-refractivity contribution in [2.75, 3.05) is 20.8 Å². The van der Waals surface area contributed by atoms with E-state index >= 15 is 0 Å². The van der Waals surface area contributed by atoms with Crippen LogP contribution in [0.4, 0.5) is 4.39 Å². The third-order valence-corrected chi connectivity index (χ3v) is 7.04. The molecule has 2 aromatic carbocycles. The van der Waals surface area contributed by atoms with E-state index < -0.39 is 21.9 Å². The van der Waals surface area contributed by atoms with Crippen molar-refractivity contribution >= 4 is 10.0 Å². The highest BCUT2D eigenvalue weighted by Crippen LogP contribution is 2.40. The largest absolute Gasteiger partial charge is 0.497 e. The van der Waals surface area contributed by atoms with Gasteiger partial charge in [-0.2, -0.15) is 4.31 Å². The van der Waals surface area contributed by atoms with Crippen LogP contribution in [0.5, 0.6) is 11.5 Å². The van der Waals surface area contributed by atoms with Crippen molar-refractivity contribution in [1.82, 2.24) is 8.87 Å². The van der Waals surface area contributed by atoms with Gasteiger partial charge in [-0.3, -0.25) is 0 Å². The fourth-order valence-electron chi connectivity index (χ4n) is 3.74. The topological polar surface area (TPSA) is 60.8 Å². The number of halogens is 1. The maximum Gasteiger partial charge on any atom is 0.247 e. The Kier molecular flexibility index (Phi) is 5.06. The lowest BCUT2D eigenvalue weighted by atomic mass is 10.0. The number of hydrogen-bond donors (Lipinski definition) is 0. The van der Waals surface area contributed by atoms with Crippen LogP contribution in [0.25, 0.3) is 0 Å². The first-order chi connectivity index (χ1) is 14.0. The van der Waals surface area contributed by atoms with E-state index in [1.54, 1.807) is 30.3 Å².